The largest absolute Gasteiger partial charge is 0.369 e. The summed E-state index contributed by atoms with van der Waals surface area (Å²) in [5.41, 5.74) is 1.92. The summed E-state index contributed by atoms with van der Waals surface area (Å²) in [5, 5.41) is 5.32. The van der Waals surface area contributed by atoms with Gasteiger partial charge in [-0.15, -0.1) is 11.3 Å². The second-order valence-electron chi connectivity index (χ2n) is 7.32. The van der Waals surface area contributed by atoms with Crippen molar-refractivity contribution < 1.29 is 4.79 Å². The van der Waals surface area contributed by atoms with Crippen molar-refractivity contribution in [3.05, 3.63) is 82.8 Å². The van der Waals surface area contributed by atoms with E-state index in [0.717, 1.165) is 26.2 Å². The summed E-state index contributed by atoms with van der Waals surface area (Å²) < 4.78 is 0. The summed E-state index contributed by atoms with van der Waals surface area (Å²) in [4.78, 5) is 22.9. The Labute approximate surface area is 176 Å². The first kappa shape index (κ1) is 19.6. The first-order chi connectivity index (χ1) is 14.2. The Morgan fingerprint density at radius 3 is 2.38 bits per heavy atom. The maximum absolute atomic E-state index is 12.7. The first-order valence-corrected chi connectivity index (χ1v) is 10.9. The normalized spacial score (nSPS) is 16.9. The fourth-order valence-electron chi connectivity index (χ4n) is 3.97. The molecule has 29 heavy (non-hydrogen) atoms. The molecule has 2 atom stereocenters. The topological polar surface area (TPSA) is 48.5 Å². The number of anilines is 1. The highest BCUT2D eigenvalue weighted by Gasteiger charge is 2.31. The van der Waals surface area contributed by atoms with Crippen molar-refractivity contribution in [2.24, 2.45) is 0 Å². The highest BCUT2D eigenvalue weighted by Crippen LogP contribution is 2.30. The van der Waals surface area contributed by atoms with Crippen molar-refractivity contribution in [2.75, 3.05) is 31.1 Å². The number of pyridine rings is 1. The number of hydrogen-bond acceptors (Lipinski definition) is 5. The standard InChI is InChI=1S/C23H26N4OS/c1-18(25-23(28)19-9-11-24-12-10-19)22(21-8-5-17-29-21)27-15-13-26(14-16-27)20-6-3-2-4-7-20/h2-12,17-18,22H,13-16H2,1H3,(H,25,28)/t18-,22-/m0/s1. The third-order valence-electron chi connectivity index (χ3n) is 5.44. The zero-order valence-corrected chi connectivity index (χ0v) is 17.4. The van der Waals surface area contributed by atoms with E-state index in [9.17, 15) is 4.79 Å². The van der Waals surface area contributed by atoms with Crippen LogP contribution in [0.3, 0.4) is 0 Å². The summed E-state index contributed by atoms with van der Waals surface area (Å²) in [5.74, 6) is -0.0515. The van der Waals surface area contributed by atoms with Crippen LogP contribution in [0.25, 0.3) is 0 Å². The van der Waals surface area contributed by atoms with Gasteiger partial charge in [-0.05, 0) is 42.6 Å². The zero-order valence-electron chi connectivity index (χ0n) is 16.6. The number of piperazine rings is 1. The van der Waals surface area contributed by atoms with E-state index in [1.807, 2.05) is 0 Å². The zero-order chi connectivity index (χ0) is 20.1. The molecule has 3 aromatic rings. The molecule has 150 valence electrons. The van der Waals surface area contributed by atoms with E-state index in [2.05, 4.69) is 74.9 Å². The van der Waals surface area contributed by atoms with Crippen LogP contribution >= 0.6 is 11.3 Å². The van der Waals surface area contributed by atoms with E-state index < -0.39 is 0 Å². The van der Waals surface area contributed by atoms with Gasteiger partial charge in [-0.2, -0.15) is 0 Å². The van der Waals surface area contributed by atoms with Crippen molar-refractivity contribution in [1.29, 1.82) is 0 Å². The minimum atomic E-state index is -0.0515. The van der Waals surface area contributed by atoms with Crippen LogP contribution < -0.4 is 10.2 Å². The molecule has 0 radical (unpaired) electrons. The number of hydrogen-bond donors (Lipinski definition) is 1. The number of benzene rings is 1. The fraction of sp³-hybridized carbons (Fsp3) is 0.304. The summed E-state index contributed by atoms with van der Waals surface area (Å²) in [6.45, 7) is 6.00. The molecular weight excluding hydrogens is 380 g/mol. The molecule has 2 aromatic heterocycles. The molecule has 3 heterocycles. The number of thiophene rings is 1. The average molecular weight is 407 g/mol. The third-order valence-corrected chi connectivity index (χ3v) is 6.38. The van der Waals surface area contributed by atoms with E-state index >= 15 is 0 Å². The summed E-state index contributed by atoms with van der Waals surface area (Å²) in [6.07, 6.45) is 3.30. The SMILES string of the molecule is C[C@H](NC(=O)c1ccncc1)[C@@H](c1cccs1)N1CCN(c2ccccc2)CC1. The van der Waals surface area contributed by atoms with Gasteiger partial charge in [0.05, 0.1) is 6.04 Å². The molecule has 6 heteroatoms. The molecule has 1 aromatic carbocycles. The molecular formula is C23H26N4OS. The van der Waals surface area contributed by atoms with E-state index in [1.165, 1.54) is 10.6 Å². The van der Waals surface area contributed by atoms with E-state index in [0.29, 0.717) is 5.56 Å². The van der Waals surface area contributed by atoms with E-state index in [1.54, 1.807) is 35.9 Å². The fourth-order valence-corrected chi connectivity index (χ4v) is 4.94. The lowest BCUT2D eigenvalue weighted by Gasteiger charge is -2.42. The van der Waals surface area contributed by atoms with Crippen molar-refractivity contribution in [3.8, 4) is 0 Å². The number of carbonyl (C=O) groups is 1. The van der Waals surface area contributed by atoms with Gasteiger partial charge in [0.1, 0.15) is 0 Å². The molecule has 1 aliphatic heterocycles. The number of aromatic nitrogens is 1. The van der Waals surface area contributed by atoms with Crippen molar-refractivity contribution in [2.45, 2.75) is 19.0 Å². The smallest absolute Gasteiger partial charge is 0.251 e. The van der Waals surface area contributed by atoms with Crippen LogP contribution in [0.5, 0.6) is 0 Å². The van der Waals surface area contributed by atoms with Gasteiger partial charge in [0.2, 0.25) is 0 Å². The minimum Gasteiger partial charge on any atom is -0.369 e. The summed E-state index contributed by atoms with van der Waals surface area (Å²) in [6, 6.07) is 18.5. The molecule has 0 bridgehead atoms. The van der Waals surface area contributed by atoms with Gasteiger partial charge in [-0.25, -0.2) is 0 Å². The maximum Gasteiger partial charge on any atom is 0.251 e. The van der Waals surface area contributed by atoms with Crippen molar-refractivity contribution in [3.63, 3.8) is 0 Å². The molecule has 1 aliphatic rings. The molecule has 4 rings (SSSR count). The minimum absolute atomic E-state index is 0.00223. The Bertz CT molecular complexity index is 893. The number of para-hydroxylation sites is 1. The van der Waals surface area contributed by atoms with Gasteiger partial charge in [-0.1, -0.05) is 24.3 Å². The Kier molecular flexibility index (Phi) is 6.22. The van der Waals surface area contributed by atoms with Crippen LogP contribution in [0.4, 0.5) is 5.69 Å². The summed E-state index contributed by atoms with van der Waals surface area (Å²) >= 11 is 1.76. The number of rotatable bonds is 6. The lowest BCUT2D eigenvalue weighted by Crippen LogP contribution is -2.52. The third kappa shape index (κ3) is 4.66. The maximum atomic E-state index is 12.7. The van der Waals surface area contributed by atoms with Crippen LogP contribution in [0, 0.1) is 0 Å². The van der Waals surface area contributed by atoms with E-state index in [4.69, 9.17) is 0 Å². The number of amides is 1. The van der Waals surface area contributed by atoms with Crippen LogP contribution in [0.15, 0.2) is 72.4 Å². The summed E-state index contributed by atoms with van der Waals surface area (Å²) in [7, 11) is 0. The molecule has 0 unspecified atom stereocenters. The highest BCUT2D eigenvalue weighted by atomic mass is 32.1. The highest BCUT2D eigenvalue weighted by molar-refractivity contribution is 7.10. The predicted octanol–water partition coefficient (Wildman–Crippen LogP) is 3.82. The van der Waals surface area contributed by atoms with Gasteiger partial charge < -0.3 is 10.2 Å². The Balaban J connectivity index is 1.46. The van der Waals surface area contributed by atoms with Gasteiger partial charge in [0, 0.05) is 60.7 Å². The van der Waals surface area contributed by atoms with Crippen LogP contribution in [0.2, 0.25) is 0 Å². The van der Waals surface area contributed by atoms with Gasteiger partial charge >= 0.3 is 0 Å². The number of nitrogens with zero attached hydrogens (tertiary/aromatic N) is 3. The van der Waals surface area contributed by atoms with Crippen LogP contribution in [-0.2, 0) is 0 Å². The van der Waals surface area contributed by atoms with Gasteiger partial charge in [0.25, 0.3) is 5.91 Å². The Hall–Kier alpha value is -2.70. The van der Waals surface area contributed by atoms with Crippen LogP contribution in [0.1, 0.15) is 28.2 Å². The van der Waals surface area contributed by atoms with Crippen LogP contribution in [-0.4, -0.2) is 48.0 Å². The Morgan fingerprint density at radius 2 is 1.72 bits per heavy atom. The van der Waals surface area contributed by atoms with E-state index in [-0.39, 0.29) is 18.0 Å². The number of carbonyl (C=O) groups excluding carboxylic acids is 1. The molecule has 0 spiro atoms. The lowest BCUT2D eigenvalue weighted by atomic mass is 10.0. The molecule has 0 aliphatic carbocycles. The Morgan fingerprint density at radius 1 is 1.00 bits per heavy atom. The molecule has 5 nitrogen and oxygen atoms in total. The lowest BCUT2D eigenvalue weighted by molar-refractivity contribution is 0.0890. The molecule has 1 saturated heterocycles. The average Bonchev–Trinajstić information content (AvgIpc) is 3.30. The molecule has 1 amide bonds. The van der Waals surface area contributed by atoms with Gasteiger partial charge in [0.15, 0.2) is 0 Å². The molecule has 1 N–H and O–H groups in total. The second-order valence-corrected chi connectivity index (χ2v) is 8.30. The van der Waals surface area contributed by atoms with Crippen molar-refractivity contribution >= 4 is 22.9 Å². The van der Waals surface area contributed by atoms with Crippen molar-refractivity contribution in [1.82, 2.24) is 15.2 Å². The first-order valence-electron chi connectivity index (χ1n) is 10.0. The number of nitrogens with one attached hydrogen (secondary N) is 1. The quantitative estimate of drug-likeness (QED) is 0.676. The van der Waals surface area contributed by atoms with Gasteiger partial charge in [-0.3, -0.25) is 14.7 Å². The predicted molar refractivity (Wildman–Crippen MR) is 118 cm³/mol. The molecule has 1 fully saturated rings. The molecule has 0 saturated carbocycles. The second kappa shape index (κ2) is 9.20. The monoisotopic (exact) mass is 406 g/mol.